The number of nitrogens with one attached hydrogen (secondary N) is 2. The van der Waals surface area contributed by atoms with Crippen molar-refractivity contribution < 1.29 is 14.3 Å². The van der Waals surface area contributed by atoms with Crippen molar-refractivity contribution in [2.45, 2.75) is 26.4 Å². The fourth-order valence-electron chi connectivity index (χ4n) is 2.95. The number of morpholine rings is 1. The molecule has 0 saturated carbocycles. The number of carbonyl (C=O) groups is 2. The highest BCUT2D eigenvalue weighted by Gasteiger charge is 2.24. The largest absolute Gasteiger partial charge is 0.378 e. The zero-order valence-electron chi connectivity index (χ0n) is 16.2. The summed E-state index contributed by atoms with van der Waals surface area (Å²) >= 11 is 1.36. The minimum atomic E-state index is -0.588. The Balaban J connectivity index is 1.54. The van der Waals surface area contributed by atoms with Crippen LogP contribution in [0.15, 0.2) is 35.8 Å². The quantitative estimate of drug-likeness (QED) is 0.741. The lowest BCUT2D eigenvalue weighted by atomic mass is 10.0. The number of ether oxygens (including phenoxy) is 1. The first-order valence-electron chi connectivity index (χ1n) is 9.44. The van der Waals surface area contributed by atoms with Crippen molar-refractivity contribution in [2.24, 2.45) is 5.92 Å². The molecule has 3 heterocycles. The first-order valence-corrected chi connectivity index (χ1v) is 10.3. The van der Waals surface area contributed by atoms with E-state index in [1.165, 1.54) is 11.3 Å². The van der Waals surface area contributed by atoms with Gasteiger partial charge in [0, 0.05) is 25.8 Å². The number of anilines is 1. The fraction of sp³-hybridized carbons (Fsp3) is 0.450. The summed E-state index contributed by atoms with van der Waals surface area (Å²) in [5.74, 6) is 0.477. The SMILES string of the molecule is CC(C)C(NC(=O)c1cccs1)C(=O)NCc1ccc(N2CCOCC2)nc1. The van der Waals surface area contributed by atoms with Gasteiger partial charge in [-0.1, -0.05) is 26.0 Å². The smallest absolute Gasteiger partial charge is 0.262 e. The molecule has 28 heavy (non-hydrogen) atoms. The lowest BCUT2D eigenvalue weighted by Gasteiger charge is -2.27. The third-order valence-corrected chi connectivity index (χ3v) is 5.46. The lowest BCUT2D eigenvalue weighted by molar-refractivity contribution is -0.124. The molecule has 1 fully saturated rings. The van der Waals surface area contributed by atoms with Gasteiger partial charge in [0.25, 0.3) is 5.91 Å². The molecule has 8 heteroatoms. The Morgan fingerprint density at radius 2 is 2.04 bits per heavy atom. The highest BCUT2D eigenvalue weighted by atomic mass is 32.1. The topological polar surface area (TPSA) is 83.6 Å². The predicted octanol–water partition coefficient (Wildman–Crippen LogP) is 2.05. The van der Waals surface area contributed by atoms with Gasteiger partial charge in [-0.3, -0.25) is 9.59 Å². The second kappa shape index (κ2) is 9.66. The van der Waals surface area contributed by atoms with Gasteiger partial charge in [-0.2, -0.15) is 0 Å². The summed E-state index contributed by atoms with van der Waals surface area (Å²) in [7, 11) is 0. The molecule has 0 radical (unpaired) electrons. The molecule has 2 N–H and O–H groups in total. The average Bonchev–Trinajstić information content (AvgIpc) is 3.26. The van der Waals surface area contributed by atoms with Crippen LogP contribution in [0, 0.1) is 5.92 Å². The Kier molecular flexibility index (Phi) is 7.00. The highest BCUT2D eigenvalue weighted by molar-refractivity contribution is 7.12. The van der Waals surface area contributed by atoms with E-state index in [4.69, 9.17) is 4.74 Å². The van der Waals surface area contributed by atoms with Crippen LogP contribution in [0.3, 0.4) is 0 Å². The molecule has 1 unspecified atom stereocenters. The number of pyridine rings is 1. The van der Waals surface area contributed by atoms with Gasteiger partial charge in [-0.25, -0.2) is 4.98 Å². The average molecular weight is 403 g/mol. The molecule has 0 aliphatic carbocycles. The molecule has 150 valence electrons. The molecule has 1 saturated heterocycles. The van der Waals surface area contributed by atoms with Crippen LogP contribution >= 0.6 is 11.3 Å². The number of thiophene rings is 1. The fourth-order valence-corrected chi connectivity index (χ4v) is 3.58. The van der Waals surface area contributed by atoms with E-state index in [-0.39, 0.29) is 17.7 Å². The van der Waals surface area contributed by atoms with Crippen LogP contribution in [0.4, 0.5) is 5.82 Å². The van der Waals surface area contributed by atoms with Crippen molar-refractivity contribution in [1.29, 1.82) is 0 Å². The van der Waals surface area contributed by atoms with Crippen LogP contribution in [0.2, 0.25) is 0 Å². The second-order valence-electron chi connectivity index (χ2n) is 7.01. The zero-order chi connectivity index (χ0) is 19.9. The molecule has 7 nitrogen and oxygen atoms in total. The van der Waals surface area contributed by atoms with E-state index in [2.05, 4.69) is 20.5 Å². The summed E-state index contributed by atoms with van der Waals surface area (Å²) in [5.41, 5.74) is 0.914. The van der Waals surface area contributed by atoms with Crippen molar-refractivity contribution in [3.8, 4) is 0 Å². The van der Waals surface area contributed by atoms with Gasteiger partial charge in [-0.05, 0) is 29.0 Å². The van der Waals surface area contributed by atoms with Crippen LogP contribution in [0.1, 0.15) is 29.1 Å². The number of nitrogens with zero attached hydrogens (tertiary/aromatic N) is 2. The Morgan fingerprint density at radius 3 is 2.64 bits per heavy atom. The summed E-state index contributed by atoms with van der Waals surface area (Å²) in [4.78, 5) is 32.2. The van der Waals surface area contributed by atoms with Crippen LogP contribution in [-0.4, -0.2) is 49.1 Å². The monoisotopic (exact) mass is 402 g/mol. The molecule has 0 bridgehead atoms. The molecule has 1 atom stereocenters. The Labute approximate surface area is 169 Å². The summed E-state index contributed by atoms with van der Waals surface area (Å²) in [6.07, 6.45) is 1.78. The van der Waals surface area contributed by atoms with Gasteiger partial charge >= 0.3 is 0 Å². The number of carbonyl (C=O) groups excluding carboxylic acids is 2. The summed E-state index contributed by atoms with van der Waals surface area (Å²) in [6, 6.07) is 6.90. The molecule has 1 aliphatic heterocycles. The number of hydrogen-bond acceptors (Lipinski definition) is 6. The second-order valence-corrected chi connectivity index (χ2v) is 7.96. The van der Waals surface area contributed by atoms with Crippen molar-refractivity contribution in [1.82, 2.24) is 15.6 Å². The van der Waals surface area contributed by atoms with Gasteiger partial charge in [0.15, 0.2) is 0 Å². The van der Waals surface area contributed by atoms with E-state index < -0.39 is 6.04 Å². The molecule has 3 rings (SSSR count). The van der Waals surface area contributed by atoms with Gasteiger partial charge in [0.05, 0.1) is 18.1 Å². The number of aromatic nitrogens is 1. The minimum absolute atomic E-state index is 0.0225. The van der Waals surface area contributed by atoms with Crippen molar-refractivity contribution in [3.63, 3.8) is 0 Å². The zero-order valence-corrected chi connectivity index (χ0v) is 17.0. The number of rotatable bonds is 7. The van der Waals surface area contributed by atoms with E-state index >= 15 is 0 Å². The predicted molar refractivity (Wildman–Crippen MR) is 110 cm³/mol. The molecule has 1 aliphatic rings. The van der Waals surface area contributed by atoms with Crippen molar-refractivity contribution >= 4 is 29.0 Å². The normalized spacial score (nSPS) is 15.3. The van der Waals surface area contributed by atoms with Crippen LogP contribution in [0.5, 0.6) is 0 Å². The van der Waals surface area contributed by atoms with E-state index in [1.807, 2.05) is 37.4 Å². The first-order chi connectivity index (χ1) is 13.5. The van der Waals surface area contributed by atoms with Gasteiger partial charge in [0.2, 0.25) is 5.91 Å². The Hall–Kier alpha value is -2.45. The van der Waals surface area contributed by atoms with Gasteiger partial charge in [-0.15, -0.1) is 11.3 Å². The van der Waals surface area contributed by atoms with Crippen molar-refractivity contribution in [2.75, 3.05) is 31.2 Å². The molecule has 2 amide bonds. The third-order valence-electron chi connectivity index (χ3n) is 4.59. The van der Waals surface area contributed by atoms with Gasteiger partial charge < -0.3 is 20.3 Å². The van der Waals surface area contributed by atoms with E-state index in [9.17, 15) is 9.59 Å². The van der Waals surface area contributed by atoms with Crippen LogP contribution < -0.4 is 15.5 Å². The van der Waals surface area contributed by atoms with Crippen molar-refractivity contribution in [3.05, 3.63) is 46.3 Å². The number of hydrogen-bond donors (Lipinski definition) is 2. The maximum Gasteiger partial charge on any atom is 0.262 e. The van der Waals surface area contributed by atoms with Crippen LogP contribution in [0.25, 0.3) is 0 Å². The minimum Gasteiger partial charge on any atom is -0.378 e. The molecule has 0 spiro atoms. The van der Waals surface area contributed by atoms with E-state index in [0.29, 0.717) is 24.6 Å². The lowest BCUT2D eigenvalue weighted by Crippen LogP contribution is -2.49. The summed E-state index contributed by atoms with van der Waals surface area (Å²) in [5, 5.41) is 7.58. The third kappa shape index (κ3) is 5.30. The van der Waals surface area contributed by atoms with Crippen LogP contribution in [-0.2, 0) is 16.1 Å². The summed E-state index contributed by atoms with van der Waals surface area (Å²) in [6.45, 7) is 7.30. The van der Waals surface area contributed by atoms with E-state index in [1.54, 1.807) is 12.3 Å². The number of amides is 2. The molecular weight excluding hydrogens is 376 g/mol. The Morgan fingerprint density at radius 1 is 1.25 bits per heavy atom. The molecule has 2 aromatic heterocycles. The molecule has 0 aromatic carbocycles. The highest BCUT2D eigenvalue weighted by Crippen LogP contribution is 2.14. The molecule has 2 aromatic rings. The first kappa shape index (κ1) is 20.3. The van der Waals surface area contributed by atoms with Gasteiger partial charge in [0.1, 0.15) is 11.9 Å². The van der Waals surface area contributed by atoms with E-state index in [0.717, 1.165) is 24.5 Å². The standard InChI is InChI=1S/C20H26N4O3S/c1-14(2)18(23-19(25)16-4-3-11-28-16)20(26)22-13-15-5-6-17(21-12-15)24-7-9-27-10-8-24/h3-6,11-12,14,18H,7-10,13H2,1-2H3,(H,22,26)(H,23,25). The maximum atomic E-state index is 12.6. The maximum absolute atomic E-state index is 12.6. The molecular formula is C20H26N4O3S. The summed E-state index contributed by atoms with van der Waals surface area (Å²) < 4.78 is 5.36. The Bertz CT molecular complexity index is 771.